The van der Waals surface area contributed by atoms with E-state index in [2.05, 4.69) is 37.0 Å². The van der Waals surface area contributed by atoms with Crippen LogP contribution in [0.15, 0.2) is 12.4 Å². The number of hydrogen-bond acceptors (Lipinski definition) is 3. The monoisotopic (exact) mass is 264 g/mol. The summed E-state index contributed by atoms with van der Waals surface area (Å²) in [7, 11) is 1.97. The minimum atomic E-state index is 0.130. The first kappa shape index (κ1) is 14.5. The standard InChI is InChI=1S/C15H28N4/c1-12(16)14(13-10-17-18(4)11-13)19-8-5-6-15(2,3)7-9-19/h10-12,14H,5-9,16H2,1-4H3. The van der Waals surface area contributed by atoms with Gasteiger partial charge in [0.05, 0.1) is 12.2 Å². The molecular weight excluding hydrogens is 236 g/mol. The van der Waals surface area contributed by atoms with Crippen LogP contribution in [0.1, 0.15) is 51.6 Å². The summed E-state index contributed by atoms with van der Waals surface area (Å²) in [4.78, 5) is 2.55. The first-order chi connectivity index (χ1) is 8.89. The summed E-state index contributed by atoms with van der Waals surface area (Å²) < 4.78 is 1.87. The Hall–Kier alpha value is -0.870. The van der Waals surface area contributed by atoms with Gasteiger partial charge < -0.3 is 5.73 Å². The van der Waals surface area contributed by atoms with Crippen molar-refractivity contribution in [2.24, 2.45) is 18.2 Å². The second kappa shape index (κ2) is 5.63. The second-order valence-electron chi connectivity index (χ2n) is 6.81. The summed E-state index contributed by atoms with van der Waals surface area (Å²) in [5, 5.41) is 4.30. The van der Waals surface area contributed by atoms with E-state index >= 15 is 0 Å². The number of nitrogens with two attached hydrogens (primary N) is 1. The molecule has 4 heteroatoms. The fourth-order valence-corrected chi connectivity index (χ4v) is 3.16. The van der Waals surface area contributed by atoms with Crippen LogP contribution in [0.25, 0.3) is 0 Å². The van der Waals surface area contributed by atoms with Crippen molar-refractivity contribution in [2.75, 3.05) is 13.1 Å². The molecule has 0 amide bonds. The van der Waals surface area contributed by atoms with Crippen LogP contribution in [0.4, 0.5) is 0 Å². The van der Waals surface area contributed by atoms with E-state index in [0.717, 1.165) is 13.1 Å². The summed E-state index contributed by atoms with van der Waals surface area (Å²) >= 11 is 0. The Balaban J connectivity index is 2.15. The van der Waals surface area contributed by atoms with Gasteiger partial charge >= 0.3 is 0 Å². The molecule has 0 bridgehead atoms. The van der Waals surface area contributed by atoms with Crippen molar-refractivity contribution in [2.45, 2.75) is 52.1 Å². The van der Waals surface area contributed by atoms with Gasteiger partial charge in [-0.1, -0.05) is 13.8 Å². The molecule has 19 heavy (non-hydrogen) atoms. The fraction of sp³-hybridized carbons (Fsp3) is 0.800. The highest BCUT2D eigenvalue weighted by molar-refractivity contribution is 5.13. The number of rotatable bonds is 3. The van der Waals surface area contributed by atoms with Crippen LogP contribution >= 0.6 is 0 Å². The lowest BCUT2D eigenvalue weighted by Gasteiger charge is -2.33. The van der Waals surface area contributed by atoms with Gasteiger partial charge in [-0.05, 0) is 44.7 Å². The number of likely N-dealkylation sites (tertiary alicyclic amines) is 1. The van der Waals surface area contributed by atoms with Crippen LogP contribution in [0.3, 0.4) is 0 Å². The Kier molecular flexibility index (Phi) is 4.31. The zero-order valence-electron chi connectivity index (χ0n) is 12.8. The molecule has 4 nitrogen and oxygen atoms in total. The average Bonchev–Trinajstić information content (AvgIpc) is 2.63. The summed E-state index contributed by atoms with van der Waals surface area (Å²) in [6, 6.07) is 0.424. The van der Waals surface area contributed by atoms with Crippen molar-refractivity contribution < 1.29 is 0 Å². The summed E-state index contributed by atoms with van der Waals surface area (Å²) in [6.07, 6.45) is 7.88. The van der Waals surface area contributed by atoms with E-state index in [1.807, 2.05) is 17.9 Å². The molecule has 1 fully saturated rings. The van der Waals surface area contributed by atoms with Gasteiger partial charge in [-0.15, -0.1) is 0 Å². The lowest BCUT2D eigenvalue weighted by molar-refractivity contribution is 0.175. The minimum Gasteiger partial charge on any atom is -0.326 e. The van der Waals surface area contributed by atoms with Gasteiger partial charge in [-0.25, -0.2) is 0 Å². The molecule has 108 valence electrons. The normalized spacial score (nSPS) is 23.8. The van der Waals surface area contributed by atoms with Gasteiger partial charge in [-0.3, -0.25) is 9.58 Å². The molecule has 2 rings (SSSR count). The van der Waals surface area contributed by atoms with Crippen LogP contribution in [0.5, 0.6) is 0 Å². The molecule has 0 spiro atoms. The minimum absolute atomic E-state index is 0.130. The fourth-order valence-electron chi connectivity index (χ4n) is 3.16. The number of nitrogens with zero attached hydrogens (tertiary/aromatic N) is 3. The Bertz CT molecular complexity index is 408. The van der Waals surface area contributed by atoms with Crippen LogP contribution in [-0.4, -0.2) is 33.8 Å². The predicted octanol–water partition coefficient (Wildman–Crippen LogP) is 2.32. The maximum atomic E-state index is 6.25. The smallest absolute Gasteiger partial charge is 0.0538 e. The molecule has 0 aromatic carbocycles. The second-order valence-corrected chi connectivity index (χ2v) is 6.81. The molecule has 1 saturated heterocycles. The van der Waals surface area contributed by atoms with Crippen molar-refractivity contribution in [3.8, 4) is 0 Å². The third kappa shape index (κ3) is 3.57. The average molecular weight is 264 g/mol. The van der Waals surface area contributed by atoms with E-state index in [1.165, 1.54) is 24.8 Å². The maximum Gasteiger partial charge on any atom is 0.0538 e. The topological polar surface area (TPSA) is 47.1 Å². The highest BCUT2D eigenvalue weighted by Crippen LogP contribution is 2.33. The van der Waals surface area contributed by atoms with Crippen LogP contribution in [0.2, 0.25) is 0 Å². The van der Waals surface area contributed by atoms with Crippen LogP contribution in [-0.2, 0) is 7.05 Å². The molecule has 0 saturated carbocycles. The highest BCUT2D eigenvalue weighted by Gasteiger charge is 2.30. The van der Waals surface area contributed by atoms with E-state index in [1.54, 1.807) is 0 Å². The quantitative estimate of drug-likeness (QED) is 0.911. The predicted molar refractivity (Wildman–Crippen MR) is 78.8 cm³/mol. The molecule has 2 unspecified atom stereocenters. The molecule has 2 atom stereocenters. The van der Waals surface area contributed by atoms with Crippen molar-refractivity contribution in [1.82, 2.24) is 14.7 Å². The maximum absolute atomic E-state index is 6.25. The van der Waals surface area contributed by atoms with E-state index in [0.29, 0.717) is 11.5 Å². The Morgan fingerprint density at radius 2 is 2.05 bits per heavy atom. The molecular formula is C15H28N4. The molecule has 0 radical (unpaired) electrons. The lowest BCUT2D eigenvalue weighted by Crippen LogP contribution is -2.40. The van der Waals surface area contributed by atoms with Gasteiger partial charge in [0, 0.05) is 24.8 Å². The summed E-state index contributed by atoms with van der Waals surface area (Å²) in [5.74, 6) is 0. The Morgan fingerprint density at radius 1 is 1.32 bits per heavy atom. The summed E-state index contributed by atoms with van der Waals surface area (Å²) in [6.45, 7) is 9.13. The van der Waals surface area contributed by atoms with Gasteiger partial charge in [0.2, 0.25) is 0 Å². The van der Waals surface area contributed by atoms with E-state index in [-0.39, 0.29) is 6.04 Å². The Morgan fingerprint density at radius 3 is 2.63 bits per heavy atom. The van der Waals surface area contributed by atoms with Crippen LogP contribution < -0.4 is 5.73 Å². The number of hydrogen-bond donors (Lipinski definition) is 1. The third-order valence-electron chi connectivity index (χ3n) is 4.33. The molecule has 2 N–H and O–H groups in total. The highest BCUT2D eigenvalue weighted by atomic mass is 15.3. The third-order valence-corrected chi connectivity index (χ3v) is 4.33. The van der Waals surface area contributed by atoms with Crippen molar-refractivity contribution in [1.29, 1.82) is 0 Å². The van der Waals surface area contributed by atoms with Crippen molar-refractivity contribution in [3.63, 3.8) is 0 Å². The Labute approximate surface area is 117 Å². The zero-order chi connectivity index (χ0) is 14.0. The van der Waals surface area contributed by atoms with E-state index in [9.17, 15) is 0 Å². The first-order valence-corrected chi connectivity index (χ1v) is 7.37. The van der Waals surface area contributed by atoms with E-state index < -0.39 is 0 Å². The van der Waals surface area contributed by atoms with Gasteiger partial charge in [0.1, 0.15) is 0 Å². The lowest BCUT2D eigenvalue weighted by atomic mass is 9.85. The summed E-state index contributed by atoms with van der Waals surface area (Å²) in [5.41, 5.74) is 7.96. The molecule has 1 aliphatic rings. The zero-order valence-corrected chi connectivity index (χ0v) is 12.8. The largest absolute Gasteiger partial charge is 0.326 e. The molecule has 1 aromatic heterocycles. The van der Waals surface area contributed by atoms with E-state index in [4.69, 9.17) is 5.73 Å². The number of aryl methyl sites for hydroxylation is 1. The van der Waals surface area contributed by atoms with Gasteiger partial charge in [0.15, 0.2) is 0 Å². The first-order valence-electron chi connectivity index (χ1n) is 7.37. The number of aromatic nitrogens is 2. The van der Waals surface area contributed by atoms with Gasteiger partial charge in [-0.2, -0.15) is 5.10 Å². The molecule has 0 aliphatic carbocycles. The van der Waals surface area contributed by atoms with Crippen molar-refractivity contribution >= 4 is 0 Å². The SMILES string of the molecule is CC(N)C(c1cnn(C)c1)N1CCCC(C)(C)CC1. The van der Waals surface area contributed by atoms with Gasteiger partial charge in [0.25, 0.3) is 0 Å². The molecule has 1 aliphatic heterocycles. The van der Waals surface area contributed by atoms with Crippen LogP contribution in [0, 0.1) is 5.41 Å². The molecule has 2 heterocycles. The molecule has 1 aromatic rings. The van der Waals surface area contributed by atoms with Crippen molar-refractivity contribution in [3.05, 3.63) is 18.0 Å².